The number of hydrogen-bond donors (Lipinski definition) is 1. The molecule has 110 valence electrons. The summed E-state index contributed by atoms with van der Waals surface area (Å²) in [4.78, 5) is 9.80. The second-order valence-corrected chi connectivity index (χ2v) is 5.10. The summed E-state index contributed by atoms with van der Waals surface area (Å²) in [6.07, 6.45) is 0. The number of halogens is 2. The standard InChI is InChI=1S/C14H12BrFN2O3/c1-21-14-7-10(3-4-11(14)15)17-8-9-2-5-13(18(19)20)12(16)6-9/h2-7,17H,8H2,1H3. The first kappa shape index (κ1) is 15.2. The number of benzene rings is 2. The van der Waals surface area contributed by atoms with Gasteiger partial charge in [-0.3, -0.25) is 10.1 Å². The summed E-state index contributed by atoms with van der Waals surface area (Å²) in [6.45, 7) is 0.347. The summed E-state index contributed by atoms with van der Waals surface area (Å²) in [5, 5.41) is 13.6. The van der Waals surface area contributed by atoms with Gasteiger partial charge in [0.25, 0.3) is 0 Å². The normalized spacial score (nSPS) is 10.2. The molecule has 0 fully saturated rings. The van der Waals surface area contributed by atoms with Gasteiger partial charge in [-0.2, -0.15) is 4.39 Å². The van der Waals surface area contributed by atoms with E-state index in [0.29, 0.717) is 17.9 Å². The van der Waals surface area contributed by atoms with Crippen molar-refractivity contribution in [2.24, 2.45) is 0 Å². The highest BCUT2D eigenvalue weighted by atomic mass is 79.9. The van der Waals surface area contributed by atoms with Gasteiger partial charge in [0.05, 0.1) is 16.5 Å². The molecule has 7 heteroatoms. The number of anilines is 1. The Morgan fingerprint density at radius 1 is 1.33 bits per heavy atom. The van der Waals surface area contributed by atoms with Crippen molar-refractivity contribution in [2.75, 3.05) is 12.4 Å². The largest absolute Gasteiger partial charge is 0.495 e. The van der Waals surface area contributed by atoms with Gasteiger partial charge < -0.3 is 10.1 Å². The van der Waals surface area contributed by atoms with Gasteiger partial charge in [0.2, 0.25) is 5.82 Å². The molecule has 0 atom stereocenters. The Morgan fingerprint density at radius 3 is 2.71 bits per heavy atom. The Balaban J connectivity index is 2.09. The summed E-state index contributed by atoms with van der Waals surface area (Å²) in [7, 11) is 1.57. The summed E-state index contributed by atoms with van der Waals surface area (Å²) >= 11 is 3.35. The molecule has 0 saturated heterocycles. The molecule has 1 N–H and O–H groups in total. The smallest absolute Gasteiger partial charge is 0.304 e. The second kappa shape index (κ2) is 6.53. The SMILES string of the molecule is COc1cc(NCc2ccc([N+](=O)[O-])c(F)c2)ccc1Br. The van der Waals surface area contributed by atoms with Gasteiger partial charge in [-0.25, -0.2) is 0 Å². The third-order valence-corrected chi connectivity index (χ3v) is 3.51. The molecular weight excluding hydrogens is 343 g/mol. The number of nitro benzene ring substituents is 1. The van der Waals surface area contributed by atoms with E-state index in [2.05, 4.69) is 21.2 Å². The van der Waals surface area contributed by atoms with E-state index in [0.717, 1.165) is 22.3 Å². The van der Waals surface area contributed by atoms with Crippen molar-refractivity contribution < 1.29 is 14.1 Å². The number of nitrogens with zero attached hydrogens (tertiary/aromatic N) is 1. The molecule has 0 aromatic heterocycles. The Kier molecular flexibility index (Phi) is 4.74. The molecule has 0 unspecified atom stereocenters. The highest BCUT2D eigenvalue weighted by molar-refractivity contribution is 9.10. The lowest BCUT2D eigenvalue weighted by molar-refractivity contribution is -0.387. The van der Waals surface area contributed by atoms with Crippen molar-refractivity contribution in [1.29, 1.82) is 0 Å². The Hall–Kier alpha value is -2.15. The number of hydrogen-bond acceptors (Lipinski definition) is 4. The molecule has 21 heavy (non-hydrogen) atoms. The van der Waals surface area contributed by atoms with Crippen LogP contribution in [0, 0.1) is 15.9 Å². The molecule has 0 bridgehead atoms. The van der Waals surface area contributed by atoms with Crippen LogP contribution in [0.4, 0.5) is 15.8 Å². The zero-order valence-electron chi connectivity index (χ0n) is 11.1. The fraction of sp³-hybridized carbons (Fsp3) is 0.143. The summed E-state index contributed by atoms with van der Waals surface area (Å²) in [5.41, 5.74) is 0.887. The van der Waals surface area contributed by atoms with Crippen LogP contribution in [0.25, 0.3) is 0 Å². The lowest BCUT2D eigenvalue weighted by atomic mass is 10.2. The first-order valence-corrected chi connectivity index (χ1v) is 6.81. The van der Waals surface area contributed by atoms with E-state index in [9.17, 15) is 14.5 Å². The van der Waals surface area contributed by atoms with E-state index in [1.165, 1.54) is 6.07 Å². The molecule has 0 heterocycles. The number of rotatable bonds is 5. The predicted octanol–water partition coefficient (Wildman–Crippen LogP) is 4.12. The minimum Gasteiger partial charge on any atom is -0.495 e. The van der Waals surface area contributed by atoms with Crippen LogP contribution in [-0.2, 0) is 6.54 Å². The van der Waals surface area contributed by atoms with Gasteiger partial charge >= 0.3 is 5.69 Å². The molecule has 5 nitrogen and oxygen atoms in total. The molecular formula is C14H12BrFN2O3. The average molecular weight is 355 g/mol. The zero-order valence-corrected chi connectivity index (χ0v) is 12.7. The van der Waals surface area contributed by atoms with Gasteiger partial charge in [0, 0.05) is 24.4 Å². The molecule has 2 aromatic rings. The molecule has 0 saturated carbocycles. The summed E-state index contributed by atoms with van der Waals surface area (Å²) < 4.78 is 19.5. The van der Waals surface area contributed by atoms with Crippen LogP contribution in [0.3, 0.4) is 0 Å². The molecule has 0 aliphatic carbocycles. The fourth-order valence-electron chi connectivity index (χ4n) is 1.78. The first-order valence-electron chi connectivity index (χ1n) is 6.01. The van der Waals surface area contributed by atoms with Crippen LogP contribution in [-0.4, -0.2) is 12.0 Å². The number of nitro groups is 1. The maximum atomic E-state index is 13.5. The van der Waals surface area contributed by atoms with Gasteiger partial charge in [-0.05, 0) is 39.7 Å². The van der Waals surface area contributed by atoms with Crippen molar-refractivity contribution in [3.05, 3.63) is 62.4 Å². The quantitative estimate of drug-likeness (QED) is 0.647. The summed E-state index contributed by atoms with van der Waals surface area (Å²) in [6, 6.07) is 9.30. The minimum absolute atomic E-state index is 0.347. The molecule has 0 spiro atoms. The minimum atomic E-state index is -0.840. The highest BCUT2D eigenvalue weighted by Crippen LogP contribution is 2.28. The number of methoxy groups -OCH3 is 1. The van der Waals surface area contributed by atoms with E-state index in [1.54, 1.807) is 13.2 Å². The van der Waals surface area contributed by atoms with Crippen molar-refractivity contribution in [1.82, 2.24) is 0 Å². The van der Waals surface area contributed by atoms with Crippen LogP contribution in [0.2, 0.25) is 0 Å². The molecule has 0 aliphatic heterocycles. The first-order chi connectivity index (χ1) is 10.0. The zero-order chi connectivity index (χ0) is 15.4. The second-order valence-electron chi connectivity index (χ2n) is 4.25. The molecule has 0 amide bonds. The molecule has 0 aliphatic rings. The Bertz CT molecular complexity index is 679. The van der Waals surface area contributed by atoms with E-state index >= 15 is 0 Å². The molecule has 2 aromatic carbocycles. The topological polar surface area (TPSA) is 64.4 Å². The van der Waals surface area contributed by atoms with Crippen LogP contribution in [0.1, 0.15) is 5.56 Å². The maximum absolute atomic E-state index is 13.5. The fourth-order valence-corrected chi connectivity index (χ4v) is 2.19. The third kappa shape index (κ3) is 3.69. The van der Waals surface area contributed by atoms with Gasteiger partial charge in [-0.1, -0.05) is 6.07 Å². The van der Waals surface area contributed by atoms with Gasteiger partial charge in [-0.15, -0.1) is 0 Å². The van der Waals surface area contributed by atoms with Crippen LogP contribution >= 0.6 is 15.9 Å². The van der Waals surface area contributed by atoms with E-state index < -0.39 is 16.4 Å². The van der Waals surface area contributed by atoms with Crippen LogP contribution in [0.15, 0.2) is 40.9 Å². The molecule has 0 radical (unpaired) electrons. The van der Waals surface area contributed by atoms with Crippen molar-refractivity contribution in [3.8, 4) is 5.75 Å². The maximum Gasteiger partial charge on any atom is 0.304 e. The van der Waals surface area contributed by atoms with E-state index in [-0.39, 0.29) is 0 Å². The van der Waals surface area contributed by atoms with E-state index in [1.807, 2.05) is 12.1 Å². The number of ether oxygens (including phenoxy) is 1. The van der Waals surface area contributed by atoms with Crippen molar-refractivity contribution in [3.63, 3.8) is 0 Å². The van der Waals surface area contributed by atoms with Crippen LogP contribution < -0.4 is 10.1 Å². The average Bonchev–Trinajstić information content (AvgIpc) is 2.46. The molecule has 2 rings (SSSR count). The third-order valence-electron chi connectivity index (χ3n) is 2.86. The van der Waals surface area contributed by atoms with E-state index in [4.69, 9.17) is 4.74 Å². The number of nitrogens with one attached hydrogen (secondary N) is 1. The lowest BCUT2D eigenvalue weighted by Gasteiger charge is -2.09. The Morgan fingerprint density at radius 2 is 2.10 bits per heavy atom. The van der Waals surface area contributed by atoms with Crippen LogP contribution in [0.5, 0.6) is 5.75 Å². The highest BCUT2D eigenvalue weighted by Gasteiger charge is 2.13. The van der Waals surface area contributed by atoms with Gasteiger partial charge in [0.1, 0.15) is 5.75 Å². The van der Waals surface area contributed by atoms with Gasteiger partial charge in [0.15, 0.2) is 0 Å². The predicted molar refractivity (Wildman–Crippen MR) is 81.1 cm³/mol. The monoisotopic (exact) mass is 354 g/mol. The summed E-state index contributed by atoms with van der Waals surface area (Å²) in [5.74, 6) is -0.164. The van der Waals surface area contributed by atoms with Crippen molar-refractivity contribution >= 4 is 27.3 Å². The lowest BCUT2D eigenvalue weighted by Crippen LogP contribution is -2.01. The Labute approximate surface area is 129 Å². The van der Waals surface area contributed by atoms with Crippen molar-refractivity contribution in [2.45, 2.75) is 6.54 Å².